The first-order chi connectivity index (χ1) is 8.11. The molecule has 0 spiro atoms. The minimum Gasteiger partial charge on any atom is -0.480 e. The van der Waals surface area contributed by atoms with E-state index in [1.165, 1.54) is 0 Å². The summed E-state index contributed by atoms with van der Waals surface area (Å²) in [4.78, 5) is 25.8. The summed E-state index contributed by atoms with van der Waals surface area (Å²) in [6, 6.07) is 0. The molecule has 17 heavy (non-hydrogen) atoms. The molecule has 1 saturated heterocycles. The van der Waals surface area contributed by atoms with Gasteiger partial charge in [-0.25, -0.2) is 0 Å². The highest BCUT2D eigenvalue weighted by atomic mass is 16.4. The fraction of sp³-hybridized carbons (Fsp3) is 0.818. The van der Waals surface area contributed by atoms with Gasteiger partial charge in [-0.15, -0.1) is 0 Å². The van der Waals surface area contributed by atoms with Crippen molar-refractivity contribution in [1.29, 1.82) is 0 Å². The molecule has 1 amide bonds. The number of piperazine rings is 1. The Kier molecular flexibility index (Phi) is 5.93. The van der Waals surface area contributed by atoms with E-state index in [0.717, 1.165) is 39.1 Å². The molecule has 1 aliphatic rings. The molecule has 0 saturated carbocycles. The SMILES string of the molecule is CNC(=O)CCCN1CCN(CC(=O)O)CC1. The second-order valence-electron chi connectivity index (χ2n) is 4.29. The smallest absolute Gasteiger partial charge is 0.317 e. The van der Waals surface area contributed by atoms with E-state index in [1.807, 2.05) is 4.90 Å². The highest BCUT2D eigenvalue weighted by Gasteiger charge is 2.18. The minimum atomic E-state index is -0.766. The Hall–Kier alpha value is -1.14. The predicted molar refractivity (Wildman–Crippen MR) is 63.8 cm³/mol. The summed E-state index contributed by atoms with van der Waals surface area (Å²) >= 11 is 0. The number of carbonyl (C=O) groups is 2. The number of hydrogen-bond acceptors (Lipinski definition) is 4. The summed E-state index contributed by atoms with van der Waals surface area (Å²) in [6.45, 7) is 4.42. The predicted octanol–water partition coefficient (Wildman–Crippen LogP) is -0.785. The highest BCUT2D eigenvalue weighted by molar-refractivity contribution is 5.75. The number of carbonyl (C=O) groups excluding carboxylic acids is 1. The molecule has 0 aromatic rings. The largest absolute Gasteiger partial charge is 0.480 e. The van der Waals surface area contributed by atoms with Crippen LogP contribution in [0.4, 0.5) is 0 Å². The molecule has 0 atom stereocenters. The van der Waals surface area contributed by atoms with Crippen molar-refractivity contribution in [3.8, 4) is 0 Å². The number of aliphatic carboxylic acids is 1. The summed E-state index contributed by atoms with van der Waals surface area (Å²) < 4.78 is 0. The van der Waals surface area contributed by atoms with Crippen LogP contribution in [-0.4, -0.2) is 73.1 Å². The number of hydrogen-bond donors (Lipinski definition) is 2. The van der Waals surface area contributed by atoms with Crippen LogP contribution in [0.5, 0.6) is 0 Å². The zero-order valence-corrected chi connectivity index (χ0v) is 10.3. The quantitative estimate of drug-likeness (QED) is 0.640. The van der Waals surface area contributed by atoms with Gasteiger partial charge in [-0.3, -0.25) is 14.5 Å². The number of carboxylic acid groups (broad SMARTS) is 1. The number of nitrogens with one attached hydrogen (secondary N) is 1. The number of amides is 1. The van der Waals surface area contributed by atoms with Gasteiger partial charge >= 0.3 is 5.97 Å². The Morgan fingerprint density at radius 3 is 2.29 bits per heavy atom. The maximum absolute atomic E-state index is 11.0. The van der Waals surface area contributed by atoms with Crippen LogP contribution < -0.4 is 5.32 Å². The molecule has 1 fully saturated rings. The zero-order valence-electron chi connectivity index (χ0n) is 10.3. The molecule has 0 bridgehead atoms. The first-order valence-electron chi connectivity index (χ1n) is 5.99. The number of carboxylic acids is 1. The van der Waals surface area contributed by atoms with Gasteiger partial charge in [0.2, 0.25) is 5.91 Å². The Morgan fingerprint density at radius 1 is 1.18 bits per heavy atom. The van der Waals surface area contributed by atoms with Crippen LogP contribution in [-0.2, 0) is 9.59 Å². The lowest BCUT2D eigenvalue weighted by molar-refractivity contribution is -0.138. The Labute approximate surface area is 102 Å². The molecule has 0 unspecified atom stereocenters. The second-order valence-corrected chi connectivity index (χ2v) is 4.29. The fourth-order valence-electron chi connectivity index (χ4n) is 1.95. The normalized spacial score (nSPS) is 17.9. The summed E-state index contributed by atoms with van der Waals surface area (Å²) in [5, 5.41) is 11.3. The first-order valence-corrected chi connectivity index (χ1v) is 5.99. The van der Waals surface area contributed by atoms with Crippen LogP contribution in [0.25, 0.3) is 0 Å². The molecule has 6 nitrogen and oxygen atoms in total. The molecular weight excluding hydrogens is 222 g/mol. The van der Waals surface area contributed by atoms with Gasteiger partial charge in [0, 0.05) is 39.6 Å². The van der Waals surface area contributed by atoms with Crippen LogP contribution in [0.1, 0.15) is 12.8 Å². The minimum absolute atomic E-state index is 0.0783. The van der Waals surface area contributed by atoms with Crippen molar-refractivity contribution in [2.45, 2.75) is 12.8 Å². The summed E-state index contributed by atoms with van der Waals surface area (Å²) in [5.41, 5.74) is 0. The van der Waals surface area contributed by atoms with E-state index in [4.69, 9.17) is 5.11 Å². The third-order valence-electron chi connectivity index (χ3n) is 2.98. The van der Waals surface area contributed by atoms with Crippen LogP contribution in [0, 0.1) is 0 Å². The molecule has 2 N–H and O–H groups in total. The van der Waals surface area contributed by atoms with Crippen molar-refractivity contribution < 1.29 is 14.7 Å². The maximum atomic E-state index is 11.0. The van der Waals surface area contributed by atoms with E-state index in [1.54, 1.807) is 7.05 Å². The molecule has 98 valence electrons. The number of nitrogens with zero attached hydrogens (tertiary/aromatic N) is 2. The molecular formula is C11H21N3O3. The van der Waals surface area contributed by atoms with Crippen molar-refractivity contribution >= 4 is 11.9 Å². The van der Waals surface area contributed by atoms with Gasteiger partial charge in [-0.05, 0) is 13.0 Å². The van der Waals surface area contributed by atoms with Gasteiger partial charge in [0.1, 0.15) is 0 Å². The summed E-state index contributed by atoms with van der Waals surface area (Å²) in [5.74, 6) is -0.687. The molecule has 1 aliphatic heterocycles. The lowest BCUT2D eigenvalue weighted by atomic mass is 10.2. The zero-order chi connectivity index (χ0) is 12.7. The van der Waals surface area contributed by atoms with Crippen molar-refractivity contribution in [1.82, 2.24) is 15.1 Å². The Balaban J connectivity index is 2.10. The second kappa shape index (κ2) is 7.24. The van der Waals surface area contributed by atoms with E-state index < -0.39 is 5.97 Å². The lowest BCUT2D eigenvalue weighted by Gasteiger charge is -2.33. The van der Waals surface area contributed by atoms with E-state index in [-0.39, 0.29) is 12.5 Å². The average Bonchev–Trinajstić information content (AvgIpc) is 2.30. The molecule has 0 aromatic carbocycles. The van der Waals surface area contributed by atoms with E-state index in [0.29, 0.717) is 6.42 Å². The van der Waals surface area contributed by atoms with Crippen LogP contribution in [0.15, 0.2) is 0 Å². The van der Waals surface area contributed by atoms with Crippen molar-refractivity contribution in [2.75, 3.05) is 46.3 Å². The summed E-state index contributed by atoms with van der Waals surface area (Å²) in [6.07, 6.45) is 1.42. The van der Waals surface area contributed by atoms with E-state index >= 15 is 0 Å². The van der Waals surface area contributed by atoms with Crippen molar-refractivity contribution in [3.63, 3.8) is 0 Å². The highest BCUT2D eigenvalue weighted by Crippen LogP contribution is 2.03. The van der Waals surface area contributed by atoms with Crippen molar-refractivity contribution in [2.24, 2.45) is 0 Å². The standard InChI is InChI=1S/C11H21N3O3/c1-12-10(15)3-2-4-13-5-7-14(8-6-13)9-11(16)17/h2-9H2,1H3,(H,12,15)(H,16,17). The maximum Gasteiger partial charge on any atom is 0.317 e. The summed E-state index contributed by atoms with van der Waals surface area (Å²) in [7, 11) is 1.65. The van der Waals surface area contributed by atoms with Gasteiger partial charge in [0.05, 0.1) is 6.54 Å². The van der Waals surface area contributed by atoms with Gasteiger partial charge in [0.25, 0.3) is 0 Å². The van der Waals surface area contributed by atoms with Crippen molar-refractivity contribution in [3.05, 3.63) is 0 Å². The molecule has 0 radical (unpaired) electrons. The topological polar surface area (TPSA) is 72.9 Å². The lowest BCUT2D eigenvalue weighted by Crippen LogP contribution is -2.48. The van der Waals surface area contributed by atoms with E-state index in [9.17, 15) is 9.59 Å². The monoisotopic (exact) mass is 243 g/mol. The van der Waals surface area contributed by atoms with Gasteiger partial charge in [0.15, 0.2) is 0 Å². The van der Waals surface area contributed by atoms with Gasteiger partial charge in [-0.2, -0.15) is 0 Å². The molecule has 1 rings (SSSR count). The third kappa shape index (κ3) is 5.65. The average molecular weight is 243 g/mol. The van der Waals surface area contributed by atoms with Crippen LogP contribution in [0.2, 0.25) is 0 Å². The fourth-order valence-corrected chi connectivity index (χ4v) is 1.95. The van der Waals surface area contributed by atoms with E-state index in [2.05, 4.69) is 10.2 Å². The van der Waals surface area contributed by atoms with Crippen LogP contribution in [0.3, 0.4) is 0 Å². The van der Waals surface area contributed by atoms with Gasteiger partial charge in [-0.1, -0.05) is 0 Å². The Bertz CT molecular complexity index is 263. The molecule has 0 aromatic heterocycles. The Morgan fingerprint density at radius 2 is 1.76 bits per heavy atom. The van der Waals surface area contributed by atoms with Gasteiger partial charge < -0.3 is 15.3 Å². The molecule has 6 heteroatoms. The number of rotatable bonds is 6. The van der Waals surface area contributed by atoms with Crippen LogP contribution >= 0.6 is 0 Å². The molecule has 0 aliphatic carbocycles. The third-order valence-corrected chi connectivity index (χ3v) is 2.98. The first kappa shape index (κ1) is 13.9. The molecule has 1 heterocycles.